The van der Waals surface area contributed by atoms with Crippen LogP contribution in [0, 0.1) is 6.08 Å². The van der Waals surface area contributed by atoms with E-state index in [0.717, 1.165) is 0 Å². The first-order valence-corrected chi connectivity index (χ1v) is 4.52. The lowest BCUT2D eigenvalue weighted by Crippen LogP contribution is -2.17. The summed E-state index contributed by atoms with van der Waals surface area (Å²) >= 11 is 0. The molecule has 0 fully saturated rings. The van der Waals surface area contributed by atoms with Crippen molar-refractivity contribution in [2.45, 2.75) is 13.3 Å². The topological polar surface area (TPSA) is 18.5 Å². The normalized spacial score (nSPS) is 11.0. The average Bonchev–Trinajstić information content (AvgIpc) is 2.19. The number of hydrogen-bond donors (Lipinski definition) is 0. The number of rotatable bonds is 4. The highest BCUT2D eigenvalue weighted by Gasteiger charge is 2.32. The van der Waals surface area contributed by atoms with E-state index < -0.39 is 6.36 Å². The van der Waals surface area contributed by atoms with Gasteiger partial charge in [0, 0.05) is 0 Å². The van der Waals surface area contributed by atoms with Gasteiger partial charge in [-0.05, 0) is 30.7 Å². The van der Waals surface area contributed by atoms with Crippen LogP contribution < -0.4 is 9.47 Å². The van der Waals surface area contributed by atoms with Crippen LogP contribution in [0.25, 0.3) is 0 Å². The van der Waals surface area contributed by atoms with Crippen LogP contribution in [0.15, 0.2) is 24.8 Å². The Labute approximate surface area is 91.3 Å². The number of hydrogen-bond acceptors (Lipinski definition) is 2. The van der Waals surface area contributed by atoms with Gasteiger partial charge in [0.05, 0.1) is 6.61 Å². The van der Waals surface area contributed by atoms with Crippen LogP contribution in [0.1, 0.15) is 12.5 Å². The molecule has 1 aromatic carbocycles. The van der Waals surface area contributed by atoms with Crippen molar-refractivity contribution in [3.05, 3.63) is 36.4 Å². The van der Waals surface area contributed by atoms with Crippen LogP contribution >= 0.6 is 0 Å². The molecule has 0 aromatic heterocycles. The molecule has 0 saturated heterocycles. The summed E-state index contributed by atoms with van der Waals surface area (Å²) in [6.45, 7) is 5.31. The standard InChI is InChI=1S/C11H10F3O2/c1-3-8-5-6-9(16-11(12,13)14)10(7-8)15-4-2/h5-7H,1,4H2,2H3. The Morgan fingerprint density at radius 3 is 2.50 bits per heavy atom. The molecule has 16 heavy (non-hydrogen) atoms. The van der Waals surface area contributed by atoms with E-state index in [1.165, 1.54) is 18.2 Å². The molecule has 0 aliphatic carbocycles. The first-order valence-electron chi connectivity index (χ1n) is 4.52. The van der Waals surface area contributed by atoms with Crippen molar-refractivity contribution in [3.63, 3.8) is 0 Å². The van der Waals surface area contributed by atoms with E-state index in [1.807, 2.05) is 0 Å². The summed E-state index contributed by atoms with van der Waals surface area (Å²) in [6.07, 6.45) is -2.18. The van der Waals surface area contributed by atoms with Crippen molar-refractivity contribution in [3.8, 4) is 11.5 Å². The van der Waals surface area contributed by atoms with Gasteiger partial charge in [0.1, 0.15) is 0 Å². The second-order valence-corrected chi connectivity index (χ2v) is 2.82. The fourth-order valence-corrected chi connectivity index (χ4v) is 1.10. The van der Waals surface area contributed by atoms with Crippen molar-refractivity contribution < 1.29 is 22.6 Å². The summed E-state index contributed by atoms with van der Waals surface area (Å²) in [5.41, 5.74) is 0.540. The molecule has 0 bridgehead atoms. The highest BCUT2D eigenvalue weighted by atomic mass is 19.4. The molecule has 0 aliphatic heterocycles. The molecule has 0 saturated carbocycles. The largest absolute Gasteiger partial charge is 0.573 e. The molecular formula is C11H10F3O2. The minimum atomic E-state index is -4.73. The van der Waals surface area contributed by atoms with Crippen LogP contribution in [0.5, 0.6) is 11.5 Å². The summed E-state index contributed by atoms with van der Waals surface area (Å²) < 4.78 is 45.0. The van der Waals surface area contributed by atoms with Gasteiger partial charge in [0.2, 0.25) is 0 Å². The lowest BCUT2D eigenvalue weighted by Gasteiger charge is -2.13. The van der Waals surface area contributed by atoms with Crippen molar-refractivity contribution in [1.82, 2.24) is 0 Å². The lowest BCUT2D eigenvalue weighted by atomic mass is 10.2. The zero-order chi connectivity index (χ0) is 12.2. The first kappa shape index (κ1) is 12.4. The van der Waals surface area contributed by atoms with E-state index in [1.54, 1.807) is 6.92 Å². The molecule has 1 radical (unpaired) electrons. The molecular weight excluding hydrogens is 221 g/mol. The minimum Gasteiger partial charge on any atom is -0.490 e. The van der Waals surface area contributed by atoms with Crippen LogP contribution in [0.2, 0.25) is 0 Å². The molecule has 0 atom stereocenters. The number of halogens is 3. The lowest BCUT2D eigenvalue weighted by molar-refractivity contribution is -0.275. The molecule has 0 N–H and O–H groups in total. The quantitative estimate of drug-likeness (QED) is 0.791. The Morgan fingerprint density at radius 2 is 2.00 bits per heavy atom. The van der Waals surface area contributed by atoms with E-state index in [-0.39, 0.29) is 18.1 Å². The third kappa shape index (κ3) is 3.49. The maximum absolute atomic E-state index is 12.0. The molecule has 0 spiro atoms. The van der Waals surface area contributed by atoms with E-state index in [9.17, 15) is 13.2 Å². The van der Waals surface area contributed by atoms with Gasteiger partial charge < -0.3 is 9.47 Å². The van der Waals surface area contributed by atoms with Crippen molar-refractivity contribution in [2.75, 3.05) is 6.61 Å². The second-order valence-electron chi connectivity index (χ2n) is 2.82. The predicted molar refractivity (Wildman–Crippen MR) is 52.3 cm³/mol. The van der Waals surface area contributed by atoms with Crippen LogP contribution in [-0.2, 0) is 0 Å². The maximum Gasteiger partial charge on any atom is 0.573 e. The summed E-state index contributed by atoms with van der Waals surface area (Å²) in [5, 5.41) is 0. The summed E-state index contributed by atoms with van der Waals surface area (Å²) in [5.74, 6) is -0.346. The van der Waals surface area contributed by atoms with Gasteiger partial charge in [-0.3, -0.25) is 0 Å². The fourth-order valence-electron chi connectivity index (χ4n) is 1.10. The number of benzene rings is 1. The van der Waals surface area contributed by atoms with Crippen molar-refractivity contribution in [1.29, 1.82) is 0 Å². The smallest absolute Gasteiger partial charge is 0.490 e. The van der Waals surface area contributed by atoms with E-state index >= 15 is 0 Å². The van der Waals surface area contributed by atoms with Gasteiger partial charge in [0.15, 0.2) is 11.5 Å². The zero-order valence-corrected chi connectivity index (χ0v) is 8.60. The highest BCUT2D eigenvalue weighted by molar-refractivity contribution is 5.44. The Hall–Kier alpha value is -1.65. The molecule has 0 amide bonds. The Balaban J connectivity index is 3.02. The summed E-state index contributed by atoms with van der Waals surface area (Å²) in [6, 6.07) is 3.97. The van der Waals surface area contributed by atoms with Gasteiger partial charge in [0.25, 0.3) is 0 Å². The Kier molecular flexibility index (Phi) is 3.82. The molecule has 0 aliphatic rings. The molecule has 1 rings (SSSR count). The maximum atomic E-state index is 12.0. The zero-order valence-electron chi connectivity index (χ0n) is 8.60. The predicted octanol–water partition coefficient (Wildman–Crippen LogP) is 3.32. The number of ether oxygens (including phenoxy) is 2. The minimum absolute atomic E-state index is 0.0217. The van der Waals surface area contributed by atoms with Crippen molar-refractivity contribution >= 4 is 0 Å². The van der Waals surface area contributed by atoms with Crippen molar-refractivity contribution in [2.24, 2.45) is 0 Å². The monoisotopic (exact) mass is 231 g/mol. The van der Waals surface area contributed by atoms with Gasteiger partial charge in [-0.1, -0.05) is 12.6 Å². The highest BCUT2D eigenvalue weighted by Crippen LogP contribution is 2.33. The van der Waals surface area contributed by atoms with Gasteiger partial charge in [-0.15, -0.1) is 13.2 Å². The number of alkyl halides is 3. The fraction of sp³-hybridized carbons (Fsp3) is 0.273. The van der Waals surface area contributed by atoms with Gasteiger partial charge in [-0.2, -0.15) is 0 Å². The summed E-state index contributed by atoms with van der Waals surface area (Å²) in [7, 11) is 0. The third-order valence-corrected chi connectivity index (χ3v) is 1.67. The molecule has 87 valence electrons. The Bertz CT molecular complexity index is 372. The average molecular weight is 231 g/mol. The molecule has 0 heterocycles. The first-order chi connectivity index (χ1) is 7.46. The Morgan fingerprint density at radius 1 is 1.31 bits per heavy atom. The third-order valence-electron chi connectivity index (χ3n) is 1.67. The SMILES string of the molecule is C=[C]c1ccc(OC(F)(F)F)c(OCC)c1. The van der Waals surface area contributed by atoms with Crippen LogP contribution in [0.4, 0.5) is 13.2 Å². The molecule has 2 nitrogen and oxygen atoms in total. The summed E-state index contributed by atoms with van der Waals surface area (Å²) in [4.78, 5) is 0. The van der Waals surface area contributed by atoms with E-state index in [4.69, 9.17) is 4.74 Å². The van der Waals surface area contributed by atoms with Crippen LogP contribution in [0.3, 0.4) is 0 Å². The second kappa shape index (κ2) is 4.92. The van der Waals surface area contributed by atoms with Gasteiger partial charge in [-0.25, -0.2) is 0 Å². The molecule has 0 unspecified atom stereocenters. The molecule has 1 aromatic rings. The van der Waals surface area contributed by atoms with Gasteiger partial charge >= 0.3 is 6.36 Å². The van der Waals surface area contributed by atoms with Crippen LogP contribution in [-0.4, -0.2) is 13.0 Å². The molecule has 5 heteroatoms. The van der Waals surface area contributed by atoms with E-state index in [0.29, 0.717) is 5.56 Å². The van der Waals surface area contributed by atoms with E-state index in [2.05, 4.69) is 17.4 Å².